The number of carbonyl (C=O) groups excluding carboxylic acids is 3. The van der Waals surface area contributed by atoms with E-state index in [1.54, 1.807) is 60.8 Å². The number of ether oxygens (including phenoxy) is 2. The van der Waals surface area contributed by atoms with E-state index in [2.05, 4.69) is 4.98 Å². The van der Waals surface area contributed by atoms with Crippen molar-refractivity contribution in [1.29, 1.82) is 0 Å². The Morgan fingerprint density at radius 1 is 1.06 bits per heavy atom. The number of ketones is 1. The van der Waals surface area contributed by atoms with Gasteiger partial charge in [0.2, 0.25) is 0 Å². The van der Waals surface area contributed by atoms with E-state index in [9.17, 15) is 19.5 Å². The Bertz CT molecular complexity index is 1280. The van der Waals surface area contributed by atoms with E-state index < -0.39 is 23.7 Å². The Kier molecular flexibility index (Phi) is 6.91. The van der Waals surface area contributed by atoms with Gasteiger partial charge in [-0.3, -0.25) is 19.5 Å². The lowest BCUT2D eigenvalue weighted by molar-refractivity contribution is -0.132. The monoisotopic (exact) mass is 472 g/mol. The number of anilines is 1. The van der Waals surface area contributed by atoms with E-state index in [-0.39, 0.29) is 23.5 Å². The molecule has 8 nitrogen and oxygen atoms in total. The number of hydrogen-bond donors (Lipinski definition) is 1. The SMILES string of the molecule is CCCOC(=O)c1cccc(N2C(=O)C(=O)/C(=C(/O)c3ccc(OC)cc3)C2c2cccnc2)c1. The van der Waals surface area contributed by atoms with E-state index in [0.717, 1.165) is 0 Å². The molecule has 2 heterocycles. The van der Waals surface area contributed by atoms with Crippen LogP contribution >= 0.6 is 0 Å². The molecule has 1 unspecified atom stereocenters. The first-order valence-electron chi connectivity index (χ1n) is 11.1. The number of aromatic nitrogens is 1. The van der Waals surface area contributed by atoms with Crippen LogP contribution in [0.25, 0.3) is 5.76 Å². The third-order valence-corrected chi connectivity index (χ3v) is 5.61. The molecule has 0 bridgehead atoms. The van der Waals surface area contributed by atoms with Crippen LogP contribution in [-0.4, -0.2) is 41.5 Å². The van der Waals surface area contributed by atoms with Crippen LogP contribution < -0.4 is 9.64 Å². The number of aliphatic hydroxyl groups is 1. The van der Waals surface area contributed by atoms with Crippen molar-refractivity contribution < 1.29 is 29.0 Å². The van der Waals surface area contributed by atoms with Gasteiger partial charge in [-0.05, 0) is 60.5 Å². The summed E-state index contributed by atoms with van der Waals surface area (Å²) in [6, 6.07) is 15.3. The van der Waals surface area contributed by atoms with Gasteiger partial charge in [-0.25, -0.2) is 4.79 Å². The zero-order chi connectivity index (χ0) is 24.9. The first kappa shape index (κ1) is 23.7. The largest absolute Gasteiger partial charge is 0.507 e. The minimum atomic E-state index is -0.951. The Morgan fingerprint density at radius 2 is 1.83 bits per heavy atom. The number of aliphatic hydroxyl groups excluding tert-OH is 1. The van der Waals surface area contributed by atoms with Gasteiger partial charge in [-0.15, -0.1) is 0 Å². The maximum Gasteiger partial charge on any atom is 0.338 e. The number of carbonyl (C=O) groups is 3. The van der Waals surface area contributed by atoms with Crippen molar-refractivity contribution in [3.05, 3.63) is 95.3 Å². The number of nitrogens with zero attached hydrogens (tertiary/aromatic N) is 2. The summed E-state index contributed by atoms with van der Waals surface area (Å²) in [6.07, 6.45) is 3.78. The molecule has 0 saturated carbocycles. The van der Waals surface area contributed by atoms with Crippen LogP contribution in [0, 0.1) is 0 Å². The zero-order valence-corrected chi connectivity index (χ0v) is 19.3. The molecule has 1 atom stereocenters. The average Bonchev–Trinajstić information content (AvgIpc) is 3.17. The Hall–Kier alpha value is -4.46. The van der Waals surface area contributed by atoms with E-state index in [1.165, 1.54) is 24.3 Å². The van der Waals surface area contributed by atoms with Crippen molar-refractivity contribution in [2.24, 2.45) is 0 Å². The van der Waals surface area contributed by atoms with Crippen molar-refractivity contribution in [3.8, 4) is 5.75 Å². The molecule has 8 heteroatoms. The summed E-state index contributed by atoms with van der Waals surface area (Å²) in [5, 5.41) is 11.2. The highest BCUT2D eigenvalue weighted by Gasteiger charge is 2.47. The number of hydrogen-bond acceptors (Lipinski definition) is 7. The van der Waals surface area contributed by atoms with Crippen LogP contribution in [0.4, 0.5) is 5.69 Å². The van der Waals surface area contributed by atoms with Crippen molar-refractivity contribution in [1.82, 2.24) is 4.98 Å². The van der Waals surface area contributed by atoms with Gasteiger partial charge < -0.3 is 14.6 Å². The quantitative estimate of drug-likeness (QED) is 0.237. The molecule has 1 aliphatic rings. The molecule has 1 amide bonds. The predicted molar refractivity (Wildman–Crippen MR) is 129 cm³/mol. The van der Waals surface area contributed by atoms with Gasteiger partial charge in [-0.1, -0.05) is 19.1 Å². The second kappa shape index (κ2) is 10.2. The minimum absolute atomic E-state index is 0.0767. The molecule has 0 aliphatic carbocycles. The summed E-state index contributed by atoms with van der Waals surface area (Å²) in [6.45, 7) is 2.16. The van der Waals surface area contributed by atoms with E-state index in [4.69, 9.17) is 9.47 Å². The van der Waals surface area contributed by atoms with Gasteiger partial charge in [0.1, 0.15) is 11.5 Å². The zero-order valence-electron chi connectivity index (χ0n) is 19.3. The molecule has 0 radical (unpaired) electrons. The summed E-state index contributed by atoms with van der Waals surface area (Å²) in [7, 11) is 1.52. The maximum atomic E-state index is 13.3. The fourth-order valence-electron chi connectivity index (χ4n) is 3.92. The number of amides is 1. The Morgan fingerprint density at radius 3 is 2.49 bits per heavy atom. The maximum absolute atomic E-state index is 13.3. The lowest BCUT2D eigenvalue weighted by atomic mass is 9.96. The molecule has 0 spiro atoms. The normalized spacial score (nSPS) is 16.9. The number of esters is 1. The number of rotatable bonds is 7. The molecule has 178 valence electrons. The molecule has 35 heavy (non-hydrogen) atoms. The molecule has 3 aromatic rings. The van der Waals surface area contributed by atoms with Gasteiger partial charge in [0.25, 0.3) is 11.7 Å². The van der Waals surface area contributed by atoms with Crippen molar-refractivity contribution in [2.45, 2.75) is 19.4 Å². The van der Waals surface area contributed by atoms with Crippen LogP contribution in [-0.2, 0) is 14.3 Å². The number of benzene rings is 2. The second-order valence-electron chi connectivity index (χ2n) is 7.87. The summed E-state index contributed by atoms with van der Waals surface area (Å²) in [4.78, 5) is 44.3. The molecule has 1 aliphatic heterocycles. The summed E-state index contributed by atoms with van der Waals surface area (Å²) in [5.41, 5.74) is 1.38. The first-order chi connectivity index (χ1) is 17.0. The number of pyridine rings is 1. The van der Waals surface area contributed by atoms with E-state index in [0.29, 0.717) is 29.0 Å². The predicted octanol–water partition coefficient (Wildman–Crippen LogP) is 4.28. The van der Waals surface area contributed by atoms with Crippen molar-refractivity contribution in [2.75, 3.05) is 18.6 Å². The topological polar surface area (TPSA) is 106 Å². The standard InChI is InChI=1S/C27H24N2O6/c1-3-14-35-27(33)18-6-4-8-20(15-18)29-23(19-7-5-13-28-16-19)22(25(31)26(29)32)24(30)17-9-11-21(34-2)12-10-17/h4-13,15-16,23,30H,3,14H2,1-2H3/b24-22+. The van der Waals surface area contributed by atoms with Crippen LogP contribution in [0.2, 0.25) is 0 Å². The Balaban J connectivity index is 1.84. The highest BCUT2D eigenvalue weighted by atomic mass is 16.5. The highest BCUT2D eigenvalue weighted by molar-refractivity contribution is 6.51. The average molecular weight is 472 g/mol. The van der Waals surface area contributed by atoms with Gasteiger partial charge >= 0.3 is 5.97 Å². The first-order valence-corrected chi connectivity index (χ1v) is 11.1. The summed E-state index contributed by atoms with van der Waals surface area (Å²) >= 11 is 0. The molecule has 4 rings (SSSR count). The van der Waals surface area contributed by atoms with E-state index in [1.807, 2.05) is 6.92 Å². The second-order valence-corrected chi connectivity index (χ2v) is 7.87. The smallest absolute Gasteiger partial charge is 0.338 e. The van der Waals surface area contributed by atoms with Crippen LogP contribution in [0.3, 0.4) is 0 Å². The van der Waals surface area contributed by atoms with Crippen molar-refractivity contribution >= 4 is 29.1 Å². The molecular formula is C27H24N2O6. The van der Waals surface area contributed by atoms with Gasteiger partial charge in [-0.2, -0.15) is 0 Å². The van der Waals surface area contributed by atoms with Crippen LogP contribution in [0.5, 0.6) is 5.75 Å². The summed E-state index contributed by atoms with van der Waals surface area (Å²) in [5.74, 6) is -1.93. The molecular weight excluding hydrogens is 448 g/mol. The number of methoxy groups -OCH3 is 1. The van der Waals surface area contributed by atoms with E-state index >= 15 is 0 Å². The molecule has 1 saturated heterocycles. The van der Waals surface area contributed by atoms with Gasteiger partial charge in [0, 0.05) is 23.6 Å². The molecule has 1 fully saturated rings. The molecule has 2 aromatic carbocycles. The van der Waals surface area contributed by atoms with Crippen LogP contribution in [0.1, 0.15) is 40.9 Å². The highest BCUT2D eigenvalue weighted by Crippen LogP contribution is 2.42. The third kappa shape index (κ3) is 4.63. The van der Waals surface area contributed by atoms with Gasteiger partial charge in [0.15, 0.2) is 0 Å². The minimum Gasteiger partial charge on any atom is -0.507 e. The van der Waals surface area contributed by atoms with Crippen LogP contribution in [0.15, 0.2) is 78.6 Å². The molecule has 1 N–H and O–H groups in total. The Labute approximate surface area is 202 Å². The van der Waals surface area contributed by atoms with Crippen molar-refractivity contribution in [3.63, 3.8) is 0 Å². The lowest BCUT2D eigenvalue weighted by Gasteiger charge is -2.25. The third-order valence-electron chi connectivity index (χ3n) is 5.61. The molecule has 1 aromatic heterocycles. The lowest BCUT2D eigenvalue weighted by Crippen LogP contribution is -2.29. The fraction of sp³-hybridized carbons (Fsp3) is 0.185. The summed E-state index contributed by atoms with van der Waals surface area (Å²) < 4.78 is 10.4. The fourth-order valence-corrected chi connectivity index (χ4v) is 3.92. The number of Topliss-reactive ketones (excluding diaryl/α,β-unsaturated/α-hetero) is 1. The van der Waals surface area contributed by atoms with Gasteiger partial charge in [0.05, 0.1) is 30.9 Å².